The summed E-state index contributed by atoms with van der Waals surface area (Å²) in [5.41, 5.74) is 0. The van der Waals surface area contributed by atoms with Crippen molar-refractivity contribution >= 4 is 5.97 Å². The Labute approximate surface area is 99.8 Å². The van der Waals surface area contributed by atoms with E-state index in [2.05, 4.69) is 0 Å². The number of carbonyl (C=O) groups is 1. The average molecular weight is 246 g/mol. The predicted molar refractivity (Wildman–Crippen MR) is 56.4 cm³/mol. The fraction of sp³-hybridized carbons (Fsp3) is 0.909. The van der Waals surface area contributed by atoms with Crippen molar-refractivity contribution in [3.8, 4) is 0 Å². The molecule has 0 bridgehead atoms. The topological polar surface area (TPSA) is 74.2 Å². The Morgan fingerprint density at radius 3 is 2.24 bits per heavy atom. The van der Waals surface area contributed by atoms with E-state index in [0.717, 1.165) is 0 Å². The van der Waals surface area contributed by atoms with Gasteiger partial charge in [-0.1, -0.05) is 0 Å². The Morgan fingerprint density at radius 1 is 1.12 bits per heavy atom. The van der Waals surface area contributed by atoms with Gasteiger partial charge < -0.3 is 24.1 Å². The molecule has 6 heteroatoms. The molecule has 0 amide bonds. The van der Waals surface area contributed by atoms with Crippen molar-refractivity contribution in [1.29, 1.82) is 0 Å². The van der Waals surface area contributed by atoms with Crippen LogP contribution in [0.15, 0.2) is 0 Å². The van der Waals surface area contributed by atoms with E-state index in [-0.39, 0.29) is 0 Å². The second-order valence-corrected chi connectivity index (χ2v) is 5.23. The van der Waals surface area contributed by atoms with Crippen LogP contribution < -0.4 is 0 Å². The highest BCUT2D eigenvalue weighted by atomic mass is 16.8. The van der Waals surface area contributed by atoms with Crippen LogP contribution in [-0.4, -0.2) is 47.6 Å². The van der Waals surface area contributed by atoms with Crippen LogP contribution in [0.1, 0.15) is 27.7 Å². The van der Waals surface area contributed by atoms with E-state index in [1.54, 1.807) is 27.7 Å². The molecule has 0 aromatic rings. The first-order valence-corrected chi connectivity index (χ1v) is 5.60. The third-order valence-corrected chi connectivity index (χ3v) is 2.77. The predicted octanol–water partition coefficient (Wildman–Crippen LogP) is 0.743. The van der Waals surface area contributed by atoms with Crippen LogP contribution >= 0.6 is 0 Å². The lowest BCUT2D eigenvalue weighted by Gasteiger charge is -2.22. The molecule has 2 fully saturated rings. The lowest BCUT2D eigenvalue weighted by molar-refractivity contribution is -0.175. The minimum absolute atomic E-state index is 0.306. The molecule has 0 aromatic carbocycles. The Balaban J connectivity index is 2.12. The first kappa shape index (κ1) is 12.8. The zero-order valence-electron chi connectivity index (χ0n) is 10.4. The van der Waals surface area contributed by atoms with Gasteiger partial charge in [-0.2, -0.15) is 0 Å². The first-order valence-electron chi connectivity index (χ1n) is 5.60. The summed E-state index contributed by atoms with van der Waals surface area (Å²) in [4.78, 5) is 11.1. The molecule has 17 heavy (non-hydrogen) atoms. The highest BCUT2D eigenvalue weighted by molar-refractivity contribution is 5.73. The molecule has 2 rings (SSSR count). The van der Waals surface area contributed by atoms with Gasteiger partial charge in [0.1, 0.15) is 12.2 Å². The molecule has 1 N–H and O–H groups in total. The highest BCUT2D eigenvalue weighted by Gasteiger charge is 2.52. The lowest BCUT2D eigenvalue weighted by atomic mass is 10.1. The Kier molecular flexibility index (Phi) is 2.94. The first-order chi connectivity index (χ1) is 7.70. The van der Waals surface area contributed by atoms with Gasteiger partial charge in [0, 0.05) is 0 Å². The standard InChI is InChI=1S/C11H18O6/c1-10(2)14-5-6(15-10)7-8(9(12)13)17-11(3,4)16-7/h6-8H,5H2,1-4H3,(H,12,13). The molecule has 2 aliphatic heterocycles. The molecule has 3 unspecified atom stereocenters. The number of ether oxygens (including phenoxy) is 4. The van der Waals surface area contributed by atoms with Crippen LogP contribution in [0.2, 0.25) is 0 Å². The van der Waals surface area contributed by atoms with E-state index in [0.29, 0.717) is 6.61 Å². The molecule has 0 aromatic heterocycles. The largest absolute Gasteiger partial charge is 0.479 e. The normalized spacial score (nSPS) is 39.4. The molecule has 6 nitrogen and oxygen atoms in total. The van der Waals surface area contributed by atoms with Gasteiger partial charge in [0.2, 0.25) is 0 Å². The molecular formula is C11H18O6. The van der Waals surface area contributed by atoms with Gasteiger partial charge in [-0.25, -0.2) is 4.79 Å². The second kappa shape index (κ2) is 3.91. The van der Waals surface area contributed by atoms with E-state index in [1.807, 2.05) is 0 Å². The molecule has 3 atom stereocenters. The van der Waals surface area contributed by atoms with Crippen LogP contribution in [0.3, 0.4) is 0 Å². The molecular weight excluding hydrogens is 228 g/mol. The maximum Gasteiger partial charge on any atom is 0.335 e. The van der Waals surface area contributed by atoms with Crippen molar-refractivity contribution in [1.82, 2.24) is 0 Å². The minimum Gasteiger partial charge on any atom is -0.479 e. The van der Waals surface area contributed by atoms with Crippen LogP contribution in [0.4, 0.5) is 0 Å². The maximum atomic E-state index is 11.1. The average Bonchev–Trinajstić information content (AvgIpc) is 2.66. The SMILES string of the molecule is CC1(C)OCC(C2OC(C)(C)OC2C(=O)O)O1. The van der Waals surface area contributed by atoms with Crippen LogP contribution in [0.5, 0.6) is 0 Å². The van der Waals surface area contributed by atoms with E-state index in [4.69, 9.17) is 24.1 Å². The summed E-state index contributed by atoms with van der Waals surface area (Å²) < 4.78 is 22.0. The van der Waals surface area contributed by atoms with Crippen molar-refractivity contribution in [3.63, 3.8) is 0 Å². The summed E-state index contributed by atoms with van der Waals surface area (Å²) in [7, 11) is 0. The molecule has 2 heterocycles. The number of carboxylic acids is 1. The van der Waals surface area contributed by atoms with E-state index < -0.39 is 35.9 Å². The molecule has 2 saturated heterocycles. The number of hydrogen-bond donors (Lipinski definition) is 1. The summed E-state index contributed by atoms with van der Waals surface area (Å²) in [5, 5.41) is 9.10. The van der Waals surface area contributed by atoms with Crippen LogP contribution in [0, 0.1) is 0 Å². The minimum atomic E-state index is -1.05. The quantitative estimate of drug-likeness (QED) is 0.774. The van der Waals surface area contributed by atoms with Gasteiger partial charge in [-0.15, -0.1) is 0 Å². The van der Waals surface area contributed by atoms with Gasteiger partial charge in [-0.05, 0) is 27.7 Å². The van der Waals surface area contributed by atoms with Gasteiger partial charge >= 0.3 is 5.97 Å². The smallest absolute Gasteiger partial charge is 0.335 e. The van der Waals surface area contributed by atoms with Crippen molar-refractivity contribution in [2.75, 3.05) is 6.61 Å². The third-order valence-electron chi connectivity index (χ3n) is 2.77. The maximum absolute atomic E-state index is 11.1. The summed E-state index contributed by atoms with van der Waals surface area (Å²) in [6.45, 7) is 7.24. The fourth-order valence-electron chi connectivity index (χ4n) is 2.13. The van der Waals surface area contributed by atoms with Crippen molar-refractivity contribution in [2.24, 2.45) is 0 Å². The zero-order valence-corrected chi connectivity index (χ0v) is 10.4. The van der Waals surface area contributed by atoms with Crippen molar-refractivity contribution < 1.29 is 28.8 Å². The summed E-state index contributed by atoms with van der Waals surface area (Å²) in [6, 6.07) is 0. The fourth-order valence-corrected chi connectivity index (χ4v) is 2.13. The number of aliphatic carboxylic acids is 1. The molecule has 2 aliphatic rings. The van der Waals surface area contributed by atoms with Gasteiger partial charge in [-0.3, -0.25) is 0 Å². The Bertz CT molecular complexity index is 324. The highest BCUT2D eigenvalue weighted by Crippen LogP contribution is 2.35. The van der Waals surface area contributed by atoms with Crippen LogP contribution in [-0.2, 0) is 23.7 Å². The number of carboxylic acid groups (broad SMARTS) is 1. The summed E-state index contributed by atoms with van der Waals surface area (Å²) in [5.74, 6) is -2.66. The van der Waals surface area contributed by atoms with Crippen molar-refractivity contribution in [3.05, 3.63) is 0 Å². The zero-order chi connectivity index (χ0) is 12.8. The Hall–Kier alpha value is -0.690. The molecule has 98 valence electrons. The van der Waals surface area contributed by atoms with Gasteiger partial charge in [0.15, 0.2) is 17.7 Å². The molecule has 0 saturated carbocycles. The van der Waals surface area contributed by atoms with E-state index >= 15 is 0 Å². The van der Waals surface area contributed by atoms with Crippen LogP contribution in [0.25, 0.3) is 0 Å². The third kappa shape index (κ3) is 2.60. The van der Waals surface area contributed by atoms with E-state index in [1.165, 1.54) is 0 Å². The lowest BCUT2D eigenvalue weighted by Crippen LogP contribution is -2.42. The summed E-state index contributed by atoms with van der Waals surface area (Å²) in [6.07, 6.45) is -2.09. The summed E-state index contributed by atoms with van der Waals surface area (Å²) >= 11 is 0. The van der Waals surface area contributed by atoms with Gasteiger partial charge in [0.25, 0.3) is 0 Å². The van der Waals surface area contributed by atoms with Crippen molar-refractivity contribution in [2.45, 2.75) is 57.6 Å². The van der Waals surface area contributed by atoms with E-state index in [9.17, 15) is 4.79 Å². The number of hydrogen-bond acceptors (Lipinski definition) is 5. The Morgan fingerprint density at radius 2 is 1.76 bits per heavy atom. The molecule has 0 radical (unpaired) electrons. The molecule has 0 aliphatic carbocycles. The number of rotatable bonds is 2. The monoisotopic (exact) mass is 246 g/mol. The molecule has 0 spiro atoms. The van der Waals surface area contributed by atoms with Gasteiger partial charge in [0.05, 0.1) is 6.61 Å². The second-order valence-electron chi connectivity index (χ2n) is 5.23.